The second-order valence-electron chi connectivity index (χ2n) is 4.60. The average molecular weight is 335 g/mol. The van der Waals surface area contributed by atoms with Crippen molar-refractivity contribution < 1.29 is 31.5 Å². The topological polar surface area (TPSA) is 72.9 Å². The van der Waals surface area contributed by atoms with E-state index in [-0.39, 0.29) is 35.2 Å². The highest BCUT2D eigenvalue weighted by Gasteiger charge is 2.50. The Morgan fingerprint density at radius 2 is 2.05 bits per heavy atom. The number of nitrogens with zero attached hydrogens (tertiary/aromatic N) is 1. The van der Waals surface area contributed by atoms with Gasteiger partial charge >= 0.3 is 12.0 Å². The predicted octanol–water partition coefficient (Wildman–Crippen LogP) is 1.44. The van der Waals surface area contributed by atoms with Crippen LogP contribution in [-0.4, -0.2) is 46.4 Å². The first-order valence-corrected chi connectivity index (χ1v) is 8.12. The second kappa shape index (κ2) is 5.81. The third-order valence-corrected chi connectivity index (χ3v) is 4.94. The number of ether oxygens (including phenoxy) is 2. The van der Waals surface area contributed by atoms with Crippen LogP contribution >= 0.6 is 0 Å². The number of halogens is 2. The Bertz CT molecular complexity index is 690. The largest absolute Gasteiger partial charge is 0.482 e. The van der Waals surface area contributed by atoms with Crippen LogP contribution in [0.2, 0.25) is 0 Å². The van der Waals surface area contributed by atoms with E-state index in [9.17, 15) is 22.0 Å². The quantitative estimate of drug-likeness (QED) is 0.814. The normalized spacial score (nSPS) is 17.1. The van der Waals surface area contributed by atoms with E-state index in [1.807, 2.05) is 0 Å². The number of alkyl halides is 2. The molecule has 0 radical (unpaired) electrons. The van der Waals surface area contributed by atoms with E-state index in [2.05, 4.69) is 4.74 Å². The van der Waals surface area contributed by atoms with Crippen molar-refractivity contribution in [2.75, 3.05) is 30.9 Å². The summed E-state index contributed by atoms with van der Waals surface area (Å²) in [4.78, 5) is 12.5. The smallest absolute Gasteiger partial charge is 0.423 e. The van der Waals surface area contributed by atoms with Crippen molar-refractivity contribution in [1.29, 1.82) is 0 Å². The van der Waals surface area contributed by atoms with Crippen LogP contribution < -0.4 is 9.64 Å². The van der Waals surface area contributed by atoms with Crippen LogP contribution in [0.5, 0.6) is 5.75 Å². The highest BCUT2D eigenvalue weighted by atomic mass is 32.2. The van der Waals surface area contributed by atoms with Gasteiger partial charge < -0.3 is 9.47 Å². The number of fused-ring (bicyclic) bond motifs is 1. The molecular weight excluding hydrogens is 320 g/mol. The molecule has 22 heavy (non-hydrogen) atoms. The van der Waals surface area contributed by atoms with Crippen molar-refractivity contribution in [2.24, 2.45) is 0 Å². The van der Waals surface area contributed by atoms with Gasteiger partial charge in [-0.2, -0.15) is 8.78 Å². The van der Waals surface area contributed by atoms with Crippen LogP contribution in [0.4, 0.5) is 14.5 Å². The van der Waals surface area contributed by atoms with Crippen LogP contribution in [0.3, 0.4) is 0 Å². The number of amides is 1. The molecule has 0 saturated carbocycles. The van der Waals surface area contributed by atoms with Gasteiger partial charge in [-0.15, -0.1) is 0 Å². The van der Waals surface area contributed by atoms with E-state index >= 15 is 0 Å². The monoisotopic (exact) mass is 335 g/mol. The summed E-state index contributed by atoms with van der Waals surface area (Å²) in [6.07, 6.45) is -3.99. The van der Waals surface area contributed by atoms with Gasteiger partial charge in [-0.3, -0.25) is 9.69 Å². The molecule has 0 aliphatic carbocycles. The van der Waals surface area contributed by atoms with Crippen molar-refractivity contribution in [3.05, 3.63) is 18.2 Å². The minimum Gasteiger partial charge on any atom is -0.423 e. The van der Waals surface area contributed by atoms with Gasteiger partial charge in [-0.25, -0.2) is 8.42 Å². The summed E-state index contributed by atoms with van der Waals surface area (Å²) in [5.74, 6) is -1.95. The molecule has 0 N–H and O–H groups in total. The maximum absolute atomic E-state index is 13.6. The molecule has 9 heteroatoms. The molecule has 0 atom stereocenters. The first-order valence-electron chi connectivity index (χ1n) is 6.47. The Morgan fingerprint density at radius 1 is 1.36 bits per heavy atom. The van der Waals surface area contributed by atoms with Crippen molar-refractivity contribution in [2.45, 2.75) is 17.9 Å². The summed E-state index contributed by atoms with van der Waals surface area (Å²) in [5.41, 5.74) is -0.0116. The van der Waals surface area contributed by atoms with Gasteiger partial charge in [0.2, 0.25) is 0 Å². The Kier molecular flexibility index (Phi) is 4.39. The maximum atomic E-state index is 13.6. The van der Waals surface area contributed by atoms with Gasteiger partial charge in [-0.05, 0) is 18.2 Å². The minimum absolute atomic E-state index is 0.0116. The lowest BCUT2D eigenvalue weighted by molar-refractivity contribution is -0.193. The van der Waals surface area contributed by atoms with Crippen LogP contribution in [0.15, 0.2) is 23.1 Å². The Balaban J connectivity index is 2.53. The lowest BCUT2D eigenvalue weighted by Gasteiger charge is -2.33. The Labute approximate surface area is 126 Å². The molecule has 1 heterocycles. The molecule has 1 aliphatic heterocycles. The highest BCUT2D eigenvalue weighted by Crippen LogP contribution is 2.40. The summed E-state index contributed by atoms with van der Waals surface area (Å²) >= 11 is 0. The van der Waals surface area contributed by atoms with Crippen molar-refractivity contribution >= 4 is 21.4 Å². The Morgan fingerprint density at radius 3 is 2.64 bits per heavy atom. The zero-order chi connectivity index (χ0) is 16.5. The predicted molar refractivity (Wildman–Crippen MR) is 74.0 cm³/mol. The number of carbonyl (C=O) groups excluding carboxylic acids is 1. The molecule has 1 aromatic carbocycles. The van der Waals surface area contributed by atoms with Gasteiger partial charge in [0.25, 0.3) is 0 Å². The maximum Gasteiger partial charge on any atom is 0.482 e. The van der Waals surface area contributed by atoms with Crippen LogP contribution in [0.1, 0.15) is 6.92 Å². The summed E-state index contributed by atoms with van der Waals surface area (Å²) in [6, 6.07) is 3.47. The van der Waals surface area contributed by atoms with Gasteiger partial charge in [0.05, 0.1) is 22.9 Å². The van der Waals surface area contributed by atoms with E-state index in [4.69, 9.17) is 4.74 Å². The number of benzene rings is 1. The molecule has 0 spiro atoms. The third-order valence-electron chi connectivity index (χ3n) is 3.21. The second-order valence-corrected chi connectivity index (χ2v) is 6.88. The fourth-order valence-electron chi connectivity index (χ4n) is 2.01. The standard InChI is InChI=1S/C13H15F2NO5S/c1-3-22(18,19)9-4-5-11-10(8-9)16(6-7-20-2)12(17)13(14,15)21-11/h4-5,8H,3,6-7H2,1-2H3. The van der Waals surface area contributed by atoms with Crippen LogP contribution in [0.25, 0.3) is 0 Å². The summed E-state index contributed by atoms with van der Waals surface area (Å²) < 4.78 is 60.1. The summed E-state index contributed by atoms with van der Waals surface area (Å²) in [6.45, 7) is 1.34. The van der Waals surface area contributed by atoms with Gasteiger partial charge in [0.15, 0.2) is 15.6 Å². The van der Waals surface area contributed by atoms with Crippen LogP contribution in [0, 0.1) is 0 Å². The SMILES string of the molecule is CCS(=O)(=O)c1ccc2c(c1)N(CCOC)C(=O)C(F)(F)O2. The van der Waals surface area contributed by atoms with Crippen molar-refractivity contribution in [1.82, 2.24) is 0 Å². The number of hydrogen-bond acceptors (Lipinski definition) is 5. The number of methoxy groups -OCH3 is 1. The number of rotatable bonds is 5. The lowest BCUT2D eigenvalue weighted by atomic mass is 10.2. The number of carbonyl (C=O) groups is 1. The molecule has 122 valence electrons. The molecule has 2 rings (SSSR count). The summed E-state index contributed by atoms with van der Waals surface area (Å²) in [5, 5.41) is 0. The number of hydrogen-bond donors (Lipinski definition) is 0. The Hall–Kier alpha value is -1.74. The van der Waals surface area contributed by atoms with Gasteiger partial charge in [0.1, 0.15) is 0 Å². The highest BCUT2D eigenvalue weighted by molar-refractivity contribution is 7.91. The van der Waals surface area contributed by atoms with Crippen molar-refractivity contribution in [3.63, 3.8) is 0 Å². The zero-order valence-electron chi connectivity index (χ0n) is 12.0. The van der Waals surface area contributed by atoms with E-state index in [1.54, 1.807) is 0 Å². The molecule has 0 bridgehead atoms. The van der Waals surface area contributed by atoms with Gasteiger partial charge in [-0.1, -0.05) is 6.92 Å². The lowest BCUT2D eigenvalue weighted by Crippen LogP contribution is -2.51. The van der Waals surface area contributed by atoms with Gasteiger partial charge in [0, 0.05) is 13.7 Å². The van der Waals surface area contributed by atoms with E-state index in [1.165, 1.54) is 20.1 Å². The first-order chi connectivity index (χ1) is 10.2. The minimum atomic E-state index is -3.99. The molecule has 0 aromatic heterocycles. The van der Waals surface area contributed by atoms with Crippen molar-refractivity contribution in [3.8, 4) is 5.75 Å². The number of sulfone groups is 1. The average Bonchev–Trinajstić information content (AvgIpc) is 2.47. The molecular formula is C13H15F2NO5S. The van der Waals surface area contributed by atoms with Crippen LogP contribution in [-0.2, 0) is 19.4 Å². The number of anilines is 1. The fourth-order valence-corrected chi connectivity index (χ4v) is 2.91. The molecule has 1 amide bonds. The zero-order valence-corrected chi connectivity index (χ0v) is 12.8. The molecule has 0 unspecified atom stereocenters. The van der Waals surface area contributed by atoms with E-state index in [0.29, 0.717) is 0 Å². The molecule has 0 saturated heterocycles. The molecule has 6 nitrogen and oxygen atoms in total. The first kappa shape index (κ1) is 16.6. The summed E-state index contributed by atoms with van der Waals surface area (Å²) in [7, 11) is -2.17. The van der Waals surface area contributed by atoms with E-state index in [0.717, 1.165) is 17.0 Å². The molecule has 1 aromatic rings. The fraction of sp³-hybridized carbons (Fsp3) is 0.462. The van der Waals surface area contributed by atoms with E-state index < -0.39 is 21.9 Å². The third kappa shape index (κ3) is 2.91. The molecule has 0 fully saturated rings. The molecule has 1 aliphatic rings.